The van der Waals surface area contributed by atoms with Gasteiger partial charge in [-0.3, -0.25) is 9.48 Å². The molecule has 0 radical (unpaired) electrons. The Balaban J connectivity index is 1.59. The first-order valence-corrected chi connectivity index (χ1v) is 7.58. The van der Waals surface area contributed by atoms with Crippen LogP contribution in [-0.4, -0.2) is 33.7 Å². The number of rotatable bonds is 3. The van der Waals surface area contributed by atoms with E-state index < -0.39 is 0 Å². The highest BCUT2D eigenvalue weighted by molar-refractivity contribution is 5.80. The Morgan fingerprint density at radius 2 is 1.90 bits per heavy atom. The quantitative estimate of drug-likeness (QED) is 0.868. The summed E-state index contributed by atoms with van der Waals surface area (Å²) in [6, 6.07) is 12.2. The summed E-state index contributed by atoms with van der Waals surface area (Å²) in [5.74, 6) is 0.750. The highest BCUT2D eigenvalue weighted by atomic mass is 16.2. The number of aromatic nitrogens is 2. The van der Waals surface area contributed by atoms with Gasteiger partial charge in [-0.15, -0.1) is 0 Å². The molecule has 3 rings (SSSR count). The molecule has 21 heavy (non-hydrogen) atoms. The van der Waals surface area contributed by atoms with Crippen LogP contribution < -0.4 is 0 Å². The van der Waals surface area contributed by atoms with Crippen LogP contribution in [-0.2, 0) is 4.79 Å². The molecule has 0 N–H and O–H groups in total. The summed E-state index contributed by atoms with van der Waals surface area (Å²) in [5, 5.41) is 4.16. The van der Waals surface area contributed by atoms with E-state index in [1.165, 1.54) is 5.56 Å². The number of carbonyl (C=O) groups excluding carboxylic acids is 1. The van der Waals surface area contributed by atoms with E-state index in [1.807, 2.05) is 30.2 Å². The fraction of sp³-hybridized carbons (Fsp3) is 0.412. The van der Waals surface area contributed by atoms with Gasteiger partial charge in [-0.1, -0.05) is 30.3 Å². The highest BCUT2D eigenvalue weighted by Crippen LogP contribution is 2.28. The maximum absolute atomic E-state index is 12.5. The van der Waals surface area contributed by atoms with Crippen LogP contribution in [0.4, 0.5) is 0 Å². The molecule has 1 saturated heterocycles. The van der Waals surface area contributed by atoms with Crippen molar-refractivity contribution in [1.29, 1.82) is 0 Å². The van der Waals surface area contributed by atoms with E-state index in [-0.39, 0.29) is 11.9 Å². The van der Waals surface area contributed by atoms with Crippen LogP contribution in [0.15, 0.2) is 48.8 Å². The van der Waals surface area contributed by atoms with Gasteiger partial charge in [0.25, 0.3) is 0 Å². The summed E-state index contributed by atoms with van der Waals surface area (Å²) >= 11 is 0. The molecule has 1 aliphatic rings. The SMILES string of the molecule is CC(C(=O)N1CCC(c2ccccc2)CC1)n1cccn1. The molecule has 2 heterocycles. The van der Waals surface area contributed by atoms with Crippen molar-refractivity contribution in [2.45, 2.75) is 31.7 Å². The van der Waals surface area contributed by atoms with Gasteiger partial charge in [0.15, 0.2) is 0 Å². The summed E-state index contributed by atoms with van der Waals surface area (Å²) in [7, 11) is 0. The Labute approximate surface area is 125 Å². The monoisotopic (exact) mass is 283 g/mol. The predicted molar refractivity (Wildman–Crippen MR) is 81.9 cm³/mol. The molecule has 1 unspecified atom stereocenters. The number of benzene rings is 1. The first-order chi connectivity index (χ1) is 10.3. The van der Waals surface area contributed by atoms with E-state index in [4.69, 9.17) is 0 Å². The van der Waals surface area contributed by atoms with Crippen LogP contribution in [0.5, 0.6) is 0 Å². The standard InChI is InChI=1S/C17H21N3O/c1-14(20-11-5-10-18-20)17(21)19-12-8-16(9-13-19)15-6-3-2-4-7-15/h2-7,10-11,14,16H,8-9,12-13H2,1H3. The summed E-state index contributed by atoms with van der Waals surface area (Å²) in [5.41, 5.74) is 1.39. The van der Waals surface area contributed by atoms with Gasteiger partial charge in [-0.25, -0.2) is 0 Å². The van der Waals surface area contributed by atoms with Gasteiger partial charge in [0.2, 0.25) is 5.91 Å². The molecule has 110 valence electrons. The lowest BCUT2D eigenvalue weighted by molar-refractivity contribution is -0.135. The number of hydrogen-bond donors (Lipinski definition) is 0. The average molecular weight is 283 g/mol. The first-order valence-electron chi connectivity index (χ1n) is 7.58. The second-order valence-electron chi connectivity index (χ2n) is 5.67. The third kappa shape index (κ3) is 2.99. The summed E-state index contributed by atoms with van der Waals surface area (Å²) < 4.78 is 1.73. The molecule has 0 spiro atoms. The predicted octanol–water partition coefficient (Wildman–Crippen LogP) is 2.85. The summed E-state index contributed by atoms with van der Waals surface area (Å²) in [6.45, 7) is 3.59. The van der Waals surface area contributed by atoms with Crippen molar-refractivity contribution in [3.63, 3.8) is 0 Å². The Bertz CT molecular complexity index is 571. The number of nitrogens with zero attached hydrogens (tertiary/aromatic N) is 3. The highest BCUT2D eigenvalue weighted by Gasteiger charge is 2.27. The van der Waals surface area contributed by atoms with Gasteiger partial charge in [0.1, 0.15) is 6.04 Å². The van der Waals surface area contributed by atoms with E-state index in [0.29, 0.717) is 5.92 Å². The van der Waals surface area contributed by atoms with Crippen LogP contribution >= 0.6 is 0 Å². The van der Waals surface area contributed by atoms with Gasteiger partial charge < -0.3 is 4.90 Å². The Morgan fingerprint density at radius 1 is 1.19 bits per heavy atom. The van der Waals surface area contributed by atoms with E-state index in [9.17, 15) is 4.79 Å². The first kappa shape index (κ1) is 13.9. The van der Waals surface area contributed by atoms with Gasteiger partial charge in [0.05, 0.1) is 0 Å². The van der Waals surface area contributed by atoms with Crippen LogP contribution in [0.2, 0.25) is 0 Å². The summed E-state index contributed by atoms with van der Waals surface area (Å²) in [6.07, 6.45) is 5.65. The van der Waals surface area contributed by atoms with Gasteiger partial charge in [0, 0.05) is 25.5 Å². The topological polar surface area (TPSA) is 38.1 Å². The minimum absolute atomic E-state index is 0.171. The van der Waals surface area contributed by atoms with Crippen molar-refractivity contribution in [3.05, 3.63) is 54.4 Å². The van der Waals surface area contributed by atoms with Gasteiger partial charge in [-0.05, 0) is 37.3 Å². The second-order valence-corrected chi connectivity index (χ2v) is 5.67. The molecule has 1 amide bonds. The molecule has 2 aromatic rings. The number of piperidine rings is 1. The smallest absolute Gasteiger partial charge is 0.247 e. The molecule has 0 saturated carbocycles. The molecular weight excluding hydrogens is 262 g/mol. The van der Waals surface area contributed by atoms with E-state index >= 15 is 0 Å². The molecule has 0 aliphatic carbocycles. The zero-order chi connectivity index (χ0) is 14.7. The van der Waals surface area contributed by atoms with Crippen LogP contribution in [0.25, 0.3) is 0 Å². The van der Waals surface area contributed by atoms with Crippen LogP contribution in [0.3, 0.4) is 0 Å². The van der Waals surface area contributed by atoms with Crippen LogP contribution in [0, 0.1) is 0 Å². The fourth-order valence-electron chi connectivity index (χ4n) is 3.05. The lowest BCUT2D eigenvalue weighted by atomic mass is 9.89. The second kappa shape index (κ2) is 6.12. The molecule has 1 fully saturated rings. The molecule has 1 aromatic heterocycles. The van der Waals surface area contributed by atoms with Crippen LogP contribution in [0.1, 0.15) is 37.3 Å². The Hall–Kier alpha value is -2.10. The molecule has 4 heteroatoms. The normalized spacial score (nSPS) is 17.7. The molecular formula is C17H21N3O. The molecule has 1 aromatic carbocycles. The number of hydrogen-bond acceptors (Lipinski definition) is 2. The maximum atomic E-state index is 12.5. The van der Waals surface area contributed by atoms with Crippen molar-refractivity contribution in [3.8, 4) is 0 Å². The maximum Gasteiger partial charge on any atom is 0.247 e. The Kier molecular flexibility index (Phi) is 4.04. The molecule has 1 atom stereocenters. The third-order valence-corrected chi connectivity index (χ3v) is 4.36. The lowest BCUT2D eigenvalue weighted by Crippen LogP contribution is -2.41. The van der Waals surface area contributed by atoms with Crippen molar-refractivity contribution in [1.82, 2.24) is 14.7 Å². The van der Waals surface area contributed by atoms with E-state index in [2.05, 4.69) is 29.4 Å². The van der Waals surface area contributed by atoms with Crippen molar-refractivity contribution in [2.75, 3.05) is 13.1 Å². The molecule has 1 aliphatic heterocycles. The van der Waals surface area contributed by atoms with Crippen molar-refractivity contribution in [2.24, 2.45) is 0 Å². The largest absolute Gasteiger partial charge is 0.341 e. The minimum Gasteiger partial charge on any atom is -0.341 e. The zero-order valence-electron chi connectivity index (χ0n) is 12.4. The number of amides is 1. The zero-order valence-corrected chi connectivity index (χ0v) is 12.4. The third-order valence-electron chi connectivity index (χ3n) is 4.36. The summed E-state index contributed by atoms with van der Waals surface area (Å²) in [4.78, 5) is 14.5. The van der Waals surface area contributed by atoms with Crippen molar-refractivity contribution >= 4 is 5.91 Å². The fourth-order valence-corrected chi connectivity index (χ4v) is 3.05. The number of likely N-dealkylation sites (tertiary alicyclic amines) is 1. The lowest BCUT2D eigenvalue weighted by Gasteiger charge is -2.33. The van der Waals surface area contributed by atoms with Gasteiger partial charge >= 0.3 is 0 Å². The molecule has 0 bridgehead atoms. The number of carbonyl (C=O) groups is 1. The van der Waals surface area contributed by atoms with Crippen molar-refractivity contribution < 1.29 is 4.79 Å². The van der Waals surface area contributed by atoms with E-state index in [0.717, 1.165) is 25.9 Å². The Morgan fingerprint density at radius 3 is 2.52 bits per heavy atom. The minimum atomic E-state index is -0.215. The molecule has 4 nitrogen and oxygen atoms in total. The van der Waals surface area contributed by atoms with Gasteiger partial charge in [-0.2, -0.15) is 5.10 Å². The average Bonchev–Trinajstić information content (AvgIpc) is 3.09. The van der Waals surface area contributed by atoms with E-state index in [1.54, 1.807) is 10.9 Å².